The summed E-state index contributed by atoms with van der Waals surface area (Å²) in [5.41, 5.74) is 4.60. The number of ether oxygens (including phenoxy) is 1. The van der Waals surface area contributed by atoms with Crippen molar-refractivity contribution in [1.82, 2.24) is 5.32 Å². The molecule has 0 spiro atoms. The standard InChI is InChI=1S/C23H25NO4/c25-22(26)21(13-15-7-1-2-8-15)24-23(27)28-14-20-18-11-5-3-9-16(18)17-10-4-6-12-19(17)20/h3-6,9-12,15,20-21H,1-2,7-8,13-14H2,(H,24,27)(H,25,26)/t21-/m1/s1. The molecule has 2 N–H and O–H groups in total. The largest absolute Gasteiger partial charge is 0.480 e. The van der Waals surface area contributed by atoms with Gasteiger partial charge in [0.25, 0.3) is 0 Å². The molecule has 0 aromatic heterocycles. The van der Waals surface area contributed by atoms with Crippen molar-refractivity contribution >= 4 is 12.1 Å². The molecule has 1 fully saturated rings. The number of carboxylic acids is 1. The van der Waals surface area contributed by atoms with Crippen LogP contribution in [0.2, 0.25) is 0 Å². The molecule has 146 valence electrons. The monoisotopic (exact) mass is 379 g/mol. The second-order valence-electron chi connectivity index (χ2n) is 7.75. The third-order valence-corrected chi connectivity index (χ3v) is 5.98. The number of benzene rings is 2. The number of hydrogen-bond donors (Lipinski definition) is 2. The van der Waals surface area contributed by atoms with Crippen LogP contribution in [0.15, 0.2) is 48.5 Å². The highest BCUT2D eigenvalue weighted by atomic mass is 16.5. The van der Waals surface area contributed by atoms with Crippen LogP contribution in [-0.4, -0.2) is 29.8 Å². The van der Waals surface area contributed by atoms with Gasteiger partial charge in [0.05, 0.1) is 0 Å². The number of carbonyl (C=O) groups excluding carboxylic acids is 1. The first kappa shape index (κ1) is 18.5. The van der Waals surface area contributed by atoms with Gasteiger partial charge in [0.1, 0.15) is 12.6 Å². The summed E-state index contributed by atoms with van der Waals surface area (Å²) in [5.74, 6) is -0.661. The topological polar surface area (TPSA) is 75.6 Å². The number of carbonyl (C=O) groups is 2. The zero-order valence-corrected chi connectivity index (χ0v) is 15.8. The maximum atomic E-state index is 12.3. The summed E-state index contributed by atoms with van der Waals surface area (Å²) >= 11 is 0. The van der Waals surface area contributed by atoms with Gasteiger partial charge in [0, 0.05) is 5.92 Å². The van der Waals surface area contributed by atoms with Crippen molar-refractivity contribution in [1.29, 1.82) is 0 Å². The molecule has 4 rings (SSSR count). The van der Waals surface area contributed by atoms with Crippen molar-refractivity contribution < 1.29 is 19.4 Å². The summed E-state index contributed by atoms with van der Waals surface area (Å²) < 4.78 is 5.47. The van der Waals surface area contributed by atoms with E-state index in [-0.39, 0.29) is 12.5 Å². The molecule has 2 aromatic carbocycles. The minimum absolute atomic E-state index is 0.0312. The van der Waals surface area contributed by atoms with Crippen LogP contribution < -0.4 is 5.32 Å². The highest BCUT2D eigenvalue weighted by Gasteiger charge is 2.30. The first-order valence-corrected chi connectivity index (χ1v) is 9.98. The Hall–Kier alpha value is -2.82. The molecule has 1 atom stereocenters. The number of carboxylic acid groups (broad SMARTS) is 1. The zero-order chi connectivity index (χ0) is 19.5. The highest BCUT2D eigenvalue weighted by molar-refractivity contribution is 5.81. The average Bonchev–Trinajstić information content (AvgIpc) is 3.32. The number of nitrogens with one attached hydrogen (secondary N) is 1. The van der Waals surface area contributed by atoms with Crippen LogP contribution >= 0.6 is 0 Å². The van der Waals surface area contributed by atoms with Crippen molar-refractivity contribution in [3.63, 3.8) is 0 Å². The maximum absolute atomic E-state index is 12.3. The van der Waals surface area contributed by atoms with Crippen LogP contribution in [0.1, 0.15) is 49.1 Å². The summed E-state index contributed by atoms with van der Waals surface area (Å²) in [6, 6.07) is 15.4. The lowest BCUT2D eigenvalue weighted by molar-refractivity contribution is -0.139. The number of hydrogen-bond acceptors (Lipinski definition) is 3. The Morgan fingerprint density at radius 2 is 1.57 bits per heavy atom. The van der Waals surface area contributed by atoms with E-state index in [1.807, 2.05) is 24.3 Å². The smallest absolute Gasteiger partial charge is 0.407 e. The fourth-order valence-electron chi connectivity index (χ4n) is 4.58. The first-order chi connectivity index (χ1) is 13.6. The molecule has 5 heteroatoms. The Labute approximate surface area is 164 Å². The quantitative estimate of drug-likeness (QED) is 0.771. The summed E-state index contributed by atoms with van der Waals surface area (Å²) in [6.45, 7) is 0.190. The van der Waals surface area contributed by atoms with Crippen LogP contribution in [0.3, 0.4) is 0 Å². The maximum Gasteiger partial charge on any atom is 0.407 e. The SMILES string of the molecule is O=C(N[C@H](CC1CCCC1)C(=O)O)OCC1c2ccccc2-c2ccccc21. The number of fused-ring (bicyclic) bond motifs is 3. The van der Waals surface area contributed by atoms with Gasteiger partial charge in [-0.15, -0.1) is 0 Å². The second kappa shape index (κ2) is 8.05. The lowest BCUT2D eigenvalue weighted by Gasteiger charge is -2.19. The number of amides is 1. The molecule has 0 heterocycles. The van der Waals surface area contributed by atoms with Crippen LogP contribution in [0.25, 0.3) is 11.1 Å². The van der Waals surface area contributed by atoms with Crippen molar-refractivity contribution in [2.45, 2.75) is 44.1 Å². The van der Waals surface area contributed by atoms with Crippen LogP contribution in [0.4, 0.5) is 4.79 Å². The van der Waals surface area contributed by atoms with Crippen LogP contribution in [-0.2, 0) is 9.53 Å². The van der Waals surface area contributed by atoms with Crippen molar-refractivity contribution in [2.75, 3.05) is 6.61 Å². The molecule has 0 radical (unpaired) electrons. The predicted molar refractivity (Wildman–Crippen MR) is 106 cm³/mol. The van der Waals surface area contributed by atoms with E-state index >= 15 is 0 Å². The lowest BCUT2D eigenvalue weighted by Crippen LogP contribution is -2.42. The summed E-state index contributed by atoms with van der Waals surface area (Å²) in [6.07, 6.45) is 4.17. The molecule has 28 heavy (non-hydrogen) atoms. The Morgan fingerprint density at radius 3 is 2.14 bits per heavy atom. The molecule has 0 saturated heterocycles. The van der Waals surface area contributed by atoms with Gasteiger partial charge in [-0.3, -0.25) is 0 Å². The average molecular weight is 379 g/mol. The van der Waals surface area contributed by atoms with E-state index in [2.05, 4.69) is 29.6 Å². The molecule has 2 aliphatic carbocycles. The molecule has 1 amide bonds. The molecular formula is C23H25NO4. The van der Waals surface area contributed by atoms with Gasteiger partial charge >= 0.3 is 12.1 Å². The minimum Gasteiger partial charge on any atom is -0.480 e. The summed E-state index contributed by atoms with van der Waals surface area (Å²) in [4.78, 5) is 23.9. The Morgan fingerprint density at radius 1 is 1.00 bits per heavy atom. The molecule has 2 aliphatic rings. The van der Waals surface area contributed by atoms with Crippen LogP contribution in [0.5, 0.6) is 0 Å². The molecule has 2 aromatic rings. The van der Waals surface area contributed by atoms with Gasteiger partial charge in [0.15, 0.2) is 0 Å². The summed E-state index contributed by atoms with van der Waals surface area (Å²) in [7, 11) is 0. The van der Waals surface area contributed by atoms with E-state index in [4.69, 9.17) is 4.74 Å². The fraction of sp³-hybridized carbons (Fsp3) is 0.391. The second-order valence-corrected chi connectivity index (χ2v) is 7.75. The molecule has 0 unspecified atom stereocenters. The molecule has 0 bridgehead atoms. The van der Waals surface area contributed by atoms with Gasteiger partial charge in [-0.2, -0.15) is 0 Å². The zero-order valence-electron chi connectivity index (χ0n) is 15.8. The molecular weight excluding hydrogens is 354 g/mol. The van der Waals surface area contributed by atoms with Gasteiger partial charge in [-0.1, -0.05) is 74.2 Å². The van der Waals surface area contributed by atoms with E-state index in [0.29, 0.717) is 12.3 Å². The number of rotatable bonds is 6. The van der Waals surface area contributed by atoms with E-state index in [1.54, 1.807) is 0 Å². The number of alkyl carbamates (subject to hydrolysis) is 1. The number of aliphatic carboxylic acids is 1. The fourth-order valence-corrected chi connectivity index (χ4v) is 4.58. The predicted octanol–water partition coefficient (Wildman–Crippen LogP) is 4.56. The third kappa shape index (κ3) is 3.75. The molecule has 5 nitrogen and oxygen atoms in total. The lowest BCUT2D eigenvalue weighted by atomic mass is 9.98. The van der Waals surface area contributed by atoms with Gasteiger partial charge in [-0.05, 0) is 34.6 Å². The first-order valence-electron chi connectivity index (χ1n) is 9.98. The summed E-state index contributed by atoms with van der Waals surface area (Å²) in [5, 5.41) is 12.0. The van der Waals surface area contributed by atoms with E-state index in [0.717, 1.165) is 47.9 Å². The van der Waals surface area contributed by atoms with Gasteiger partial charge in [-0.25, -0.2) is 9.59 Å². The third-order valence-electron chi connectivity index (χ3n) is 5.98. The van der Waals surface area contributed by atoms with E-state index in [1.165, 1.54) is 0 Å². The Kier molecular flexibility index (Phi) is 5.33. The van der Waals surface area contributed by atoms with E-state index in [9.17, 15) is 14.7 Å². The highest BCUT2D eigenvalue weighted by Crippen LogP contribution is 2.44. The minimum atomic E-state index is -1.000. The van der Waals surface area contributed by atoms with E-state index < -0.39 is 18.1 Å². The normalized spacial score (nSPS) is 17.0. The van der Waals surface area contributed by atoms with Crippen molar-refractivity contribution in [3.05, 3.63) is 59.7 Å². The van der Waals surface area contributed by atoms with Crippen molar-refractivity contribution in [3.8, 4) is 11.1 Å². The van der Waals surface area contributed by atoms with Crippen molar-refractivity contribution in [2.24, 2.45) is 5.92 Å². The van der Waals surface area contributed by atoms with Gasteiger partial charge < -0.3 is 15.2 Å². The Balaban J connectivity index is 1.41. The van der Waals surface area contributed by atoms with Crippen LogP contribution in [0, 0.1) is 5.92 Å². The van der Waals surface area contributed by atoms with Gasteiger partial charge in [0.2, 0.25) is 0 Å². The molecule has 0 aliphatic heterocycles. The molecule has 1 saturated carbocycles. The Bertz CT molecular complexity index is 827.